The molecule has 25 heavy (non-hydrogen) atoms. The molecule has 0 saturated carbocycles. The number of nitrogens with zero attached hydrogens (tertiary/aromatic N) is 2. The summed E-state index contributed by atoms with van der Waals surface area (Å²) in [6.45, 7) is 3.48. The first-order valence-electron chi connectivity index (χ1n) is 8.21. The molecule has 0 fully saturated rings. The Kier molecular flexibility index (Phi) is 4.76. The molecule has 0 aliphatic carbocycles. The molecule has 3 aromatic rings. The van der Waals surface area contributed by atoms with Crippen LogP contribution in [0.4, 0.5) is 5.82 Å². The largest absolute Gasteiger partial charge is 0.311 e. The molecule has 1 aromatic heterocycles. The summed E-state index contributed by atoms with van der Waals surface area (Å²) >= 11 is 0. The number of nitrogens with one attached hydrogen (secondary N) is 1. The minimum absolute atomic E-state index is 0.129. The first kappa shape index (κ1) is 16.7. The van der Waals surface area contributed by atoms with Crippen molar-refractivity contribution in [3.05, 3.63) is 70.8 Å². The highest BCUT2D eigenvalue weighted by Gasteiger charge is 2.04. The van der Waals surface area contributed by atoms with Crippen molar-refractivity contribution in [2.45, 2.75) is 26.7 Å². The van der Waals surface area contributed by atoms with Crippen molar-refractivity contribution in [1.29, 1.82) is 5.26 Å². The fourth-order valence-electron chi connectivity index (χ4n) is 2.93. The smallest absolute Gasteiger partial charge is 0.222 e. The number of benzene rings is 2. The predicted octanol–water partition coefficient (Wildman–Crippen LogP) is 4.16. The highest BCUT2D eigenvalue weighted by atomic mass is 16.1. The van der Waals surface area contributed by atoms with Crippen LogP contribution in [0.1, 0.15) is 29.2 Å². The quantitative estimate of drug-likeness (QED) is 0.781. The van der Waals surface area contributed by atoms with Crippen LogP contribution in [0.25, 0.3) is 10.9 Å². The van der Waals surface area contributed by atoms with Crippen LogP contribution >= 0.6 is 0 Å². The minimum atomic E-state index is -0.129. The molecule has 4 heteroatoms. The molecule has 0 saturated heterocycles. The highest BCUT2D eigenvalue weighted by molar-refractivity contribution is 5.89. The van der Waals surface area contributed by atoms with E-state index in [0.717, 1.165) is 34.9 Å². The van der Waals surface area contributed by atoms with Crippen LogP contribution in [-0.2, 0) is 17.6 Å². The van der Waals surface area contributed by atoms with E-state index in [9.17, 15) is 4.79 Å². The normalized spacial score (nSPS) is 10.4. The summed E-state index contributed by atoms with van der Waals surface area (Å²) in [6.07, 6.45) is 1.74. The Hall–Kier alpha value is -3.19. The number of nitriles is 1. The van der Waals surface area contributed by atoms with Crippen molar-refractivity contribution in [2.24, 2.45) is 0 Å². The Morgan fingerprint density at radius 1 is 1.08 bits per heavy atom. The van der Waals surface area contributed by atoms with E-state index in [2.05, 4.69) is 34.6 Å². The maximum atomic E-state index is 11.2. The Bertz CT molecular complexity index is 986. The molecule has 1 N–H and O–H groups in total. The molecule has 0 radical (unpaired) electrons. The Morgan fingerprint density at radius 3 is 2.60 bits per heavy atom. The molecular weight excluding hydrogens is 310 g/mol. The van der Waals surface area contributed by atoms with Gasteiger partial charge in [-0.25, -0.2) is 4.98 Å². The molecular formula is C21H19N3O. The van der Waals surface area contributed by atoms with E-state index < -0.39 is 0 Å². The lowest BCUT2D eigenvalue weighted by atomic mass is 10.00. The number of aromatic nitrogens is 1. The van der Waals surface area contributed by atoms with Crippen LogP contribution in [0, 0.1) is 18.3 Å². The van der Waals surface area contributed by atoms with Gasteiger partial charge in [0.05, 0.1) is 17.1 Å². The van der Waals surface area contributed by atoms with Gasteiger partial charge in [-0.15, -0.1) is 0 Å². The lowest BCUT2D eigenvalue weighted by molar-refractivity contribution is -0.114. The maximum Gasteiger partial charge on any atom is 0.222 e. The molecule has 1 amide bonds. The van der Waals surface area contributed by atoms with Crippen LogP contribution in [0.3, 0.4) is 0 Å². The van der Waals surface area contributed by atoms with E-state index in [-0.39, 0.29) is 5.91 Å². The van der Waals surface area contributed by atoms with Crippen molar-refractivity contribution in [3.8, 4) is 6.07 Å². The Labute approximate surface area is 147 Å². The second-order valence-corrected chi connectivity index (χ2v) is 6.22. The van der Waals surface area contributed by atoms with Crippen molar-refractivity contribution in [2.75, 3.05) is 5.32 Å². The average Bonchev–Trinajstić information content (AvgIpc) is 2.58. The summed E-state index contributed by atoms with van der Waals surface area (Å²) in [4.78, 5) is 15.7. The molecule has 0 aliphatic heterocycles. The number of hydrogen-bond acceptors (Lipinski definition) is 3. The molecule has 0 unspecified atom stereocenters. The van der Waals surface area contributed by atoms with Gasteiger partial charge in [0.15, 0.2) is 0 Å². The van der Waals surface area contributed by atoms with E-state index in [0.29, 0.717) is 11.4 Å². The molecule has 1 heterocycles. The number of fused-ring (bicyclic) bond motifs is 1. The summed E-state index contributed by atoms with van der Waals surface area (Å²) in [5, 5.41) is 12.8. The maximum absolute atomic E-state index is 11.2. The van der Waals surface area contributed by atoms with Crippen LogP contribution in [0.15, 0.2) is 48.5 Å². The molecule has 0 atom stereocenters. The standard InChI is InChI=1S/C21H19N3O/c1-14-9-17(11-18(10-14)13-22)4-3-16-5-6-19-7-8-21(23-15(2)25)24-20(19)12-16/h5-12H,3-4H2,1-2H3,(H,23,24,25). The first-order valence-corrected chi connectivity index (χ1v) is 8.21. The molecule has 0 bridgehead atoms. The SMILES string of the molecule is CC(=O)Nc1ccc2ccc(CCc3cc(C)cc(C#N)c3)cc2n1. The molecule has 2 aromatic carbocycles. The first-order chi connectivity index (χ1) is 12.0. The Morgan fingerprint density at radius 2 is 1.84 bits per heavy atom. The third kappa shape index (κ3) is 4.21. The van der Waals surface area contributed by atoms with Gasteiger partial charge in [-0.2, -0.15) is 5.26 Å². The number of rotatable bonds is 4. The van der Waals surface area contributed by atoms with Gasteiger partial charge in [0.2, 0.25) is 5.91 Å². The third-order valence-corrected chi connectivity index (χ3v) is 4.03. The van der Waals surface area contributed by atoms with Crippen LogP contribution in [0.5, 0.6) is 0 Å². The summed E-state index contributed by atoms with van der Waals surface area (Å²) < 4.78 is 0. The number of pyridine rings is 1. The number of anilines is 1. The number of carbonyl (C=O) groups is 1. The van der Waals surface area contributed by atoms with Crippen molar-refractivity contribution >= 4 is 22.6 Å². The number of amides is 1. The lowest BCUT2D eigenvalue weighted by Crippen LogP contribution is -2.07. The van der Waals surface area contributed by atoms with Crippen molar-refractivity contribution in [1.82, 2.24) is 4.98 Å². The third-order valence-electron chi connectivity index (χ3n) is 4.03. The predicted molar refractivity (Wildman–Crippen MR) is 99.3 cm³/mol. The van der Waals surface area contributed by atoms with Crippen LogP contribution < -0.4 is 5.32 Å². The minimum Gasteiger partial charge on any atom is -0.311 e. The van der Waals surface area contributed by atoms with Crippen LogP contribution in [-0.4, -0.2) is 10.9 Å². The summed E-state index contributed by atoms with van der Waals surface area (Å²) in [5.74, 6) is 0.435. The number of hydrogen-bond donors (Lipinski definition) is 1. The van der Waals surface area contributed by atoms with Gasteiger partial charge in [0.1, 0.15) is 5.82 Å². The van der Waals surface area contributed by atoms with Gasteiger partial charge in [-0.05, 0) is 66.8 Å². The summed E-state index contributed by atoms with van der Waals surface area (Å²) in [7, 11) is 0. The second kappa shape index (κ2) is 7.14. The molecule has 3 rings (SSSR count). The van der Waals surface area contributed by atoms with E-state index in [1.807, 2.05) is 31.2 Å². The zero-order valence-electron chi connectivity index (χ0n) is 14.3. The van der Waals surface area contributed by atoms with E-state index >= 15 is 0 Å². The molecule has 4 nitrogen and oxygen atoms in total. The van der Waals surface area contributed by atoms with Crippen LogP contribution in [0.2, 0.25) is 0 Å². The number of aryl methyl sites for hydroxylation is 3. The van der Waals surface area contributed by atoms with E-state index in [1.54, 1.807) is 6.07 Å². The fourth-order valence-corrected chi connectivity index (χ4v) is 2.93. The van der Waals surface area contributed by atoms with Gasteiger partial charge in [0, 0.05) is 12.3 Å². The monoisotopic (exact) mass is 329 g/mol. The van der Waals surface area contributed by atoms with Gasteiger partial charge < -0.3 is 5.32 Å². The number of carbonyl (C=O) groups excluding carboxylic acids is 1. The molecule has 0 spiro atoms. The second-order valence-electron chi connectivity index (χ2n) is 6.22. The average molecular weight is 329 g/mol. The molecule has 124 valence electrons. The zero-order chi connectivity index (χ0) is 17.8. The van der Waals surface area contributed by atoms with E-state index in [4.69, 9.17) is 5.26 Å². The van der Waals surface area contributed by atoms with Gasteiger partial charge in [-0.3, -0.25) is 4.79 Å². The van der Waals surface area contributed by atoms with Gasteiger partial charge >= 0.3 is 0 Å². The zero-order valence-corrected chi connectivity index (χ0v) is 14.3. The summed E-state index contributed by atoms with van der Waals surface area (Å²) in [5.41, 5.74) is 5.02. The van der Waals surface area contributed by atoms with Crippen molar-refractivity contribution < 1.29 is 4.79 Å². The van der Waals surface area contributed by atoms with Crippen molar-refractivity contribution in [3.63, 3.8) is 0 Å². The summed E-state index contributed by atoms with van der Waals surface area (Å²) in [6, 6.07) is 18.1. The van der Waals surface area contributed by atoms with Gasteiger partial charge in [-0.1, -0.05) is 18.2 Å². The Balaban J connectivity index is 1.80. The van der Waals surface area contributed by atoms with Gasteiger partial charge in [0.25, 0.3) is 0 Å². The lowest BCUT2D eigenvalue weighted by Gasteiger charge is -2.07. The molecule has 0 aliphatic rings. The highest BCUT2D eigenvalue weighted by Crippen LogP contribution is 2.19. The topological polar surface area (TPSA) is 65.8 Å². The van der Waals surface area contributed by atoms with E-state index in [1.165, 1.54) is 12.5 Å². The fraction of sp³-hybridized carbons (Fsp3) is 0.190.